The van der Waals surface area contributed by atoms with Crippen LogP contribution in [0.25, 0.3) is 0 Å². The molecule has 13 heteroatoms. The lowest BCUT2D eigenvalue weighted by Crippen LogP contribution is -2.30. The van der Waals surface area contributed by atoms with Gasteiger partial charge in [-0.3, -0.25) is 10.1 Å². The molecule has 0 fully saturated rings. The smallest absolute Gasteiger partial charge is 0.338 e. The maximum absolute atomic E-state index is 13.1. The third-order valence-corrected chi connectivity index (χ3v) is 6.18. The predicted octanol–water partition coefficient (Wildman–Crippen LogP) is 2.02. The van der Waals surface area contributed by atoms with Gasteiger partial charge in [0.05, 0.1) is 21.0 Å². The van der Waals surface area contributed by atoms with E-state index in [9.17, 15) is 23.3 Å². The van der Waals surface area contributed by atoms with Crippen molar-refractivity contribution in [3.8, 4) is 0 Å². The number of hydrogen-bond acceptors (Lipinski definition) is 10. The highest BCUT2D eigenvalue weighted by Gasteiger charge is 2.39. The van der Waals surface area contributed by atoms with Crippen LogP contribution in [-0.2, 0) is 26.0 Å². The molecule has 0 spiro atoms. The summed E-state index contributed by atoms with van der Waals surface area (Å²) in [5.74, 6) is -0.560. The van der Waals surface area contributed by atoms with Crippen LogP contribution in [0.5, 0.6) is 0 Å². The molecule has 1 aliphatic heterocycles. The Morgan fingerprint density at radius 2 is 1.97 bits per heavy atom. The minimum atomic E-state index is -3.70. The summed E-state index contributed by atoms with van der Waals surface area (Å²) in [4.78, 5) is 24.1. The van der Waals surface area contributed by atoms with Gasteiger partial charge in [0.15, 0.2) is 9.84 Å². The highest BCUT2D eigenvalue weighted by atomic mass is 32.2. The van der Waals surface area contributed by atoms with Crippen LogP contribution in [-0.4, -0.2) is 45.8 Å². The quantitative estimate of drug-likeness (QED) is 0.321. The second-order valence-electron chi connectivity index (χ2n) is 7.32. The van der Waals surface area contributed by atoms with Gasteiger partial charge in [-0.1, -0.05) is 35.4 Å². The monoisotopic (exact) mass is 470 g/mol. The Balaban J connectivity index is 1.81. The summed E-state index contributed by atoms with van der Waals surface area (Å²) in [6.45, 7) is 1.59. The summed E-state index contributed by atoms with van der Waals surface area (Å²) >= 11 is 0. The van der Waals surface area contributed by atoms with Gasteiger partial charge in [-0.2, -0.15) is 4.68 Å². The first-order valence-corrected chi connectivity index (χ1v) is 11.5. The van der Waals surface area contributed by atoms with Crippen molar-refractivity contribution in [2.45, 2.75) is 24.5 Å². The molecule has 0 bridgehead atoms. The Bertz CT molecular complexity index is 1380. The molecule has 0 saturated carbocycles. The number of benzene rings is 2. The first kappa shape index (κ1) is 22.1. The van der Waals surface area contributed by atoms with E-state index in [1.54, 1.807) is 31.2 Å². The molecule has 0 saturated heterocycles. The standard InChI is InChI=1S/C20H18N6O6S/c1-12-17(19(27)32-11-13-6-4-3-5-7-13)18(25-20(21-12)22-23-24-25)15-9-8-14(33(2,30)31)10-16(15)26(28)29/h3-10,18H,11H2,1-2H3,(H,21,22,24). The summed E-state index contributed by atoms with van der Waals surface area (Å²) in [5, 5.41) is 26.1. The molecule has 3 aromatic rings. The number of nitrogens with one attached hydrogen (secondary N) is 1. The zero-order valence-corrected chi connectivity index (χ0v) is 18.3. The molecule has 1 N–H and O–H groups in total. The van der Waals surface area contributed by atoms with Crippen LogP contribution in [0.3, 0.4) is 0 Å². The van der Waals surface area contributed by atoms with Crippen LogP contribution >= 0.6 is 0 Å². The molecule has 4 rings (SSSR count). The topological polar surface area (TPSA) is 159 Å². The van der Waals surface area contributed by atoms with Gasteiger partial charge in [0, 0.05) is 18.0 Å². The fourth-order valence-electron chi connectivity index (χ4n) is 3.51. The van der Waals surface area contributed by atoms with E-state index in [-0.39, 0.29) is 28.6 Å². The number of esters is 1. The van der Waals surface area contributed by atoms with Crippen molar-refractivity contribution in [1.29, 1.82) is 0 Å². The Labute approximate surface area is 187 Å². The fourth-order valence-corrected chi connectivity index (χ4v) is 4.15. The van der Waals surface area contributed by atoms with Gasteiger partial charge in [-0.25, -0.2) is 13.2 Å². The first-order valence-electron chi connectivity index (χ1n) is 9.62. The van der Waals surface area contributed by atoms with Gasteiger partial charge in [0.25, 0.3) is 5.69 Å². The second-order valence-corrected chi connectivity index (χ2v) is 9.34. The Hall–Kier alpha value is -4.13. The molecular formula is C20H18N6O6S. The number of nitro groups is 1. The highest BCUT2D eigenvalue weighted by Crippen LogP contribution is 2.39. The summed E-state index contributed by atoms with van der Waals surface area (Å²) in [6, 6.07) is 11.4. The number of hydrogen-bond donors (Lipinski definition) is 1. The van der Waals surface area contributed by atoms with E-state index in [0.29, 0.717) is 5.70 Å². The number of tetrazole rings is 1. The number of aromatic nitrogens is 4. The van der Waals surface area contributed by atoms with Gasteiger partial charge >= 0.3 is 5.97 Å². The molecule has 0 amide bonds. The van der Waals surface area contributed by atoms with Crippen molar-refractivity contribution in [2.75, 3.05) is 11.6 Å². The lowest BCUT2D eigenvalue weighted by molar-refractivity contribution is -0.385. The maximum Gasteiger partial charge on any atom is 0.338 e. The minimum absolute atomic E-state index is 0.0131. The van der Waals surface area contributed by atoms with Crippen LogP contribution in [0.1, 0.15) is 24.1 Å². The van der Waals surface area contributed by atoms with Crippen LogP contribution in [0.15, 0.2) is 64.7 Å². The van der Waals surface area contributed by atoms with Crippen molar-refractivity contribution >= 4 is 27.4 Å². The average Bonchev–Trinajstić information content (AvgIpc) is 3.24. The summed E-state index contributed by atoms with van der Waals surface area (Å²) in [5.41, 5.74) is 0.708. The Morgan fingerprint density at radius 1 is 1.24 bits per heavy atom. The molecule has 0 radical (unpaired) electrons. The summed E-state index contributed by atoms with van der Waals surface area (Å²) < 4.78 is 30.6. The van der Waals surface area contributed by atoms with Crippen molar-refractivity contribution in [2.24, 2.45) is 0 Å². The molecule has 12 nitrogen and oxygen atoms in total. The zero-order chi connectivity index (χ0) is 23.8. The van der Waals surface area contributed by atoms with Crippen LogP contribution in [0.2, 0.25) is 0 Å². The van der Waals surface area contributed by atoms with Crippen molar-refractivity contribution in [3.63, 3.8) is 0 Å². The van der Waals surface area contributed by atoms with E-state index in [2.05, 4.69) is 20.8 Å². The number of rotatable bonds is 6. The molecule has 2 heterocycles. The largest absolute Gasteiger partial charge is 0.457 e. The van der Waals surface area contributed by atoms with Gasteiger partial charge in [-0.15, -0.1) is 0 Å². The summed E-state index contributed by atoms with van der Waals surface area (Å²) in [6.07, 6.45) is 0.951. The molecule has 0 aliphatic carbocycles. The maximum atomic E-state index is 13.1. The number of carbonyl (C=O) groups excluding carboxylic acids is 1. The average molecular weight is 470 g/mol. The Kier molecular flexibility index (Phi) is 5.64. The summed E-state index contributed by atoms with van der Waals surface area (Å²) in [7, 11) is -3.70. The SMILES string of the molecule is CC1=C(C(=O)OCc2ccccc2)C(c2ccc(S(C)(=O)=O)cc2[N+](=O)[O-])n2nnnc2N1. The second kappa shape index (κ2) is 8.43. The number of fused-ring (bicyclic) bond motifs is 1. The molecule has 1 aliphatic rings. The van der Waals surface area contributed by atoms with Gasteiger partial charge in [0.2, 0.25) is 5.95 Å². The molecular weight excluding hydrogens is 452 g/mol. The first-order chi connectivity index (χ1) is 15.7. The predicted molar refractivity (Wildman–Crippen MR) is 115 cm³/mol. The Morgan fingerprint density at radius 3 is 2.64 bits per heavy atom. The number of anilines is 1. The lowest BCUT2D eigenvalue weighted by atomic mass is 9.94. The van der Waals surface area contributed by atoms with E-state index in [1.165, 1.54) is 16.8 Å². The third kappa shape index (κ3) is 4.30. The van der Waals surface area contributed by atoms with Crippen molar-refractivity contribution < 1.29 is 22.9 Å². The van der Waals surface area contributed by atoms with E-state index in [4.69, 9.17) is 4.74 Å². The lowest BCUT2D eigenvalue weighted by Gasteiger charge is -2.27. The molecule has 1 atom stereocenters. The molecule has 33 heavy (non-hydrogen) atoms. The molecule has 170 valence electrons. The number of allylic oxidation sites excluding steroid dienone is 1. The number of ether oxygens (including phenoxy) is 1. The molecule has 2 aromatic carbocycles. The minimum Gasteiger partial charge on any atom is -0.457 e. The molecule has 1 unspecified atom stereocenters. The number of nitrogens with zero attached hydrogens (tertiary/aromatic N) is 5. The number of nitro benzene ring substituents is 1. The molecule has 1 aromatic heterocycles. The van der Waals surface area contributed by atoms with Gasteiger partial charge in [-0.05, 0) is 35.0 Å². The van der Waals surface area contributed by atoms with E-state index < -0.39 is 32.5 Å². The van der Waals surface area contributed by atoms with Gasteiger partial charge < -0.3 is 10.1 Å². The third-order valence-electron chi connectivity index (χ3n) is 5.07. The van der Waals surface area contributed by atoms with Crippen LogP contribution < -0.4 is 5.32 Å². The van der Waals surface area contributed by atoms with Crippen molar-refractivity contribution in [1.82, 2.24) is 20.2 Å². The van der Waals surface area contributed by atoms with E-state index >= 15 is 0 Å². The highest BCUT2D eigenvalue weighted by molar-refractivity contribution is 7.90. The number of carbonyl (C=O) groups is 1. The number of sulfone groups is 1. The van der Waals surface area contributed by atoms with E-state index in [0.717, 1.165) is 17.9 Å². The van der Waals surface area contributed by atoms with Gasteiger partial charge in [0.1, 0.15) is 12.6 Å². The zero-order valence-electron chi connectivity index (χ0n) is 17.5. The normalized spacial score (nSPS) is 15.5. The van der Waals surface area contributed by atoms with E-state index in [1.807, 2.05) is 6.07 Å². The van der Waals surface area contributed by atoms with Crippen LogP contribution in [0.4, 0.5) is 11.6 Å². The fraction of sp³-hybridized carbons (Fsp3) is 0.200. The van der Waals surface area contributed by atoms with Crippen LogP contribution in [0, 0.1) is 10.1 Å². The van der Waals surface area contributed by atoms with Crippen molar-refractivity contribution in [3.05, 3.63) is 81.0 Å².